The summed E-state index contributed by atoms with van der Waals surface area (Å²) in [5.74, 6) is 2.20. The summed E-state index contributed by atoms with van der Waals surface area (Å²) < 4.78 is 28.0. The zero-order valence-corrected chi connectivity index (χ0v) is 16.4. The largest absolute Gasteiger partial charge is 0.377 e. The van der Waals surface area contributed by atoms with Crippen LogP contribution in [0, 0.1) is 0 Å². The Morgan fingerprint density at radius 2 is 1.38 bits per heavy atom. The molecule has 0 spiro atoms. The van der Waals surface area contributed by atoms with E-state index in [0.29, 0.717) is 59.5 Å². The number of benzene rings is 1. The van der Waals surface area contributed by atoms with Gasteiger partial charge >= 0.3 is 0 Å². The minimum Gasteiger partial charge on any atom is -0.377 e. The number of rotatable bonds is 6. The number of hydrogen-bond donors (Lipinski definition) is 0. The third-order valence-electron chi connectivity index (χ3n) is 3.93. The first-order valence-electron chi connectivity index (χ1n) is 9.49. The Labute approximate surface area is 161 Å². The van der Waals surface area contributed by atoms with Crippen molar-refractivity contribution in [1.29, 1.82) is 0 Å². The van der Waals surface area contributed by atoms with Gasteiger partial charge in [-0.2, -0.15) is 11.8 Å². The molecule has 1 atom stereocenters. The molecule has 26 heavy (non-hydrogen) atoms. The van der Waals surface area contributed by atoms with Crippen molar-refractivity contribution in [2.75, 3.05) is 65.2 Å². The lowest BCUT2D eigenvalue weighted by atomic mass is 10.2. The Bertz CT molecular complexity index is 415. The second-order valence-electron chi connectivity index (χ2n) is 6.09. The maximum Gasteiger partial charge on any atom is 0.0810 e. The molecule has 1 saturated heterocycles. The molecule has 0 N–H and O–H groups in total. The van der Waals surface area contributed by atoms with Gasteiger partial charge in [-0.3, -0.25) is 0 Å². The molecule has 6 heteroatoms. The molecule has 1 aromatic carbocycles. The molecule has 0 bridgehead atoms. The van der Waals surface area contributed by atoms with Crippen LogP contribution < -0.4 is 0 Å². The van der Waals surface area contributed by atoms with Crippen molar-refractivity contribution in [3.8, 4) is 0 Å². The predicted molar refractivity (Wildman–Crippen MR) is 105 cm³/mol. The quantitative estimate of drug-likeness (QED) is 0.702. The number of hydrogen-bond acceptors (Lipinski definition) is 6. The third-order valence-corrected chi connectivity index (χ3v) is 5.04. The molecule has 0 radical (unpaired) electrons. The van der Waals surface area contributed by atoms with E-state index in [0.717, 1.165) is 24.3 Å². The van der Waals surface area contributed by atoms with Crippen LogP contribution in [-0.4, -0.2) is 71.3 Å². The average Bonchev–Trinajstić information content (AvgIpc) is 2.68. The first-order valence-corrected chi connectivity index (χ1v) is 10.6. The van der Waals surface area contributed by atoms with Gasteiger partial charge in [0.1, 0.15) is 0 Å². The summed E-state index contributed by atoms with van der Waals surface area (Å²) in [7, 11) is 0. The van der Waals surface area contributed by atoms with E-state index in [1.54, 1.807) is 0 Å². The highest BCUT2D eigenvalue weighted by molar-refractivity contribution is 7.98. The van der Waals surface area contributed by atoms with Crippen LogP contribution in [0.2, 0.25) is 0 Å². The van der Waals surface area contributed by atoms with E-state index in [9.17, 15) is 0 Å². The van der Waals surface area contributed by atoms with E-state index in [1.165, 1.54) is 5.56 Å². The van der Waals surface area contributed by atoms with E-state index in [4.69, 9.17) is 23.7 Å². The molecule has 1 unspecified atom stereocenters. The van der Waals surface area contributed by atoms with Crippen LogP contribution >= 0.6 is 11.8 Å². The molecular weight excluding hydrogens is 352 g/mol. The Morgan fingerprint density at radius 3 is 2.08 bits per heavy atom. The maximum absolute atomic E-state index is 5.94. The summed E-state index contributed by atoms with van der Waals surface area (Å²) in [5, 5.41) is 0. The highest BCUT2D eigenvalue weighted by atomic mass is 32.2. The minimum atomic E-state index is 0.123. The van der Waals surface area contributed by atoms with Crippen LogP contribution in [0.5, 0.6) is 0 Å². The van der Waals surface area contributed by atoms with Crippen LogP contribution in [0.1, 0.15) is 18.4 Å². The van der Waals surface area contributed by atoms with Gasteiger partial charge in [0, 0.05) is 5.75 Å². The van der Waals surface area contributed by atoms with Gasteiger partial charge in [0.2, 0.25) is 0 Å². The smallest absolute Gasteiger partial charge is 0.0810 e. The summed E-state index contributed by atoms with van der Waals surface area (Å²) in [6.45, 7) is 5.40. The highest BCUT2D eigenvalue weighted by Gasteiger charge is 2.10. The molecule has 5 nitrogen and oxygen atoms in total. The summed E-state index contributed by atoms with van der Waals surface area (Å²) in [6.07, 6.45) is 2.25. The molecular formula is C20H32O5S. The Kier molecular flexibility index (Phi) is 12.9. The predicted octanol–water partition coefficient (Wildman–Crippen LogP) is 3.17. The van der Waals surface area contributed by atoms with E-state index in [-0.39, 0.29) is 6.10 Å². The Morgan fingerprint density at radius 1 is 0.769 bits per heavy atom. The fourth-order valence-electron chi connectivity index (χ4n) is 2.54. The lowest BCUT2D eigenvalue weighted by Gasteiger charge is -2.18. The van der Waals surface area contributed by atoms with Crippen molar-refractivity contribution < 1.29 is 23.7 Å². The van der Waals surface area contributed by atoms with Gasteiger partial charge in [-0.15, -0.1) is 0 Å². The molecule has 1 heterocycles. The second-order valence-corrected chi connectivity index (χ2v) is 7.19. The summed E-state index contributed by atoms with van der Waals surface area (Å²) in [5.41, 5.74) is 1.38. The van der Waals surface area contributed by atoms with Crippen molar-refractivity contribution in [3.63, 3.8) is 0 Å². The topological polar surface area (TPSA) is 46.2 Å². The van der Waals surface area contributed by atoms with Gasteiger partial charge in [0.25, 0.3) is 0 Å². The molecule has 2 rings (SSSR count). The van der Waals surface area contributed by atoms with Crippen molar-refractivity contribution in [3.05, 3.63) is 35.9 Å². The first kappa shape index (κ1) is 21.7. The maximum atomic E-state index is 5.94. The van der Waals surface area contributed by atoms with E-state index in [2.05, 4.69) is 30.3 Å². The van der Waals surface area contributed by atoms with Crippen molar-refractivity contribution in [2.24, 2.45) is 0 Å². The molecule has 0 aliphatic carbocycles. The molecule has 0 saturated carbocycles. The number of ether oxygens (including phenoxy) is 5. The zero-order chi connectivity index (χ0) is 18.1. The third kappa shape index (κ3) is 11.2. The minimum absolute atomic E-state index is 0.123. The van der Waals surface area contributed by atoms with Crippen LogP contribution in [0.25, 0.3) is 0 Å². The fourth-order valence-corrected chi connectivity index (χ4v) is 3.48. The van der Waals surface area contributed by atoms with E-state index >= 15 is 0 Å². The second kappa shape index (κ2) is 15.4. The normalized spacial score (nSPS) is 21.6. The van der Waals surface area contributed by atoms with Crippen LogP contribution in [0.3, 0.4) is 0 Å². The van der Waals surface area contributed by atoms with Gasteiger partial charge < -0.3 is 23.7 Å². The molecule has 148 valence electrons. The first-order chi connectivity index (χ1) is 12.9. The molecule has 1 aromatic rings. The summed E-state index contributed by atoms with van der Waals surface area (Å²) >= 11 is 1.97. The zero-order valence-electron chi connectivity index (χ0n) is 15.6. The van der Waals surface area contributed by atoms with E-state index in [1.807, 2.05) is 11.8 Å². The van der Waals surface area contributed by atoms with Gasteiger partial charge in [0.15, 0.2) is 0 Å². The Hall–Kier alpha value is -0.630. The van der Waals surface area contributed by atoms with Crippen molar-refractivity contribution in [1.82, 2.24) is 0 Å². The standard InChI is InChI=1S/C20H32O5S/c1-2-5-19(6-3-1)18-26-16-4-7-20-17-24-13-12-22-9-8-21-10-11-23-14-15-25-20/h1-3,5-6,20H,4,7-18H2. The lowest BCUT2D eigenvalue weighted by molar-refractivity contribution is -0.0484. The fraction of sp³-hybridized carbons (Fsp3) is 0.700. The molecule has 1 aliphatic heterocycles. The monoisotopic (exact) mass is 384 g/mol. The van der Waals surface area contributed by atoms with Gasteiger partial charge in [0.05, 0.1) is 65.6 Å². The Balaban J connectivity index is 1.60. The van der Waals surface area contributed by atoms with Gasteiger partial charge in [-0.05, 0) is 24.2 Å². The van der Waals surface area contributed by atoms with Gasteiger partial charge in [-0.1, -0.05) is 30.3 Å². The molecule has 0 aromatic heterocycles. The molecule has 1 aliphatic rings. The SMILES string of the molecule is c1ccc(CSCCCC2COCCOCCOCCOCCO2)cc1. The van der Waals surface area contributed by atoms with Crippen LogP contribution in [0.4, 0.5) is 0 Å². The highest BCUT2D eigenvalue weighted by Crippen LogP contribution is 2.15. The summed E-state index contributed by atoms with van der Waals surface area (Å²) in [4.78, 5) is 0. The summed E-state index contributed by atoms with van der Waals surface area (Å²) in [6, 6.07) is 10.6. The molecule has 0 amide bonds. The van der Waals surface area contributed by atoms with Crippen LogP contribution in [0.15, 0.2) is 30.3 Å². The average molecular weight is 385 g/mol. The molecule has 1 fully saturated rings. The van der Waals surface area contributed by atoms with Crippen molar-refractivity contribution >= 4 is 11.8 Å². The lowest BCUT2D eigenvalue weighted by Crippen LogP contribution is -2.23. The van der Waals surface area contributed by atoms with Crippen molar-refractivity contribution in [2.45, 2.75) is 24.7 Å². The van der Waals surface area contributed by atoms with E-state index < -0.39 is 0 Å². The number of thioether (sulfide) groups is 1. The van der Waals surface area contributed by atoms with Crippen LogP contribution in [-0.2, 0) is 29.4 Å². The van der Waals surface area contributed by atoms with Gasteiger partial charge in [-0.25, -0.2) is 0 Å².